The highest BCUT2D eigenvalue weighted by atomic mass is 35.5. The quantitative estimate of drug-likeness (QED) is 0.765. The van der Waals surface area contributed by atoms with Gasteiger partial charge in [0.15, 0.2) is 0 Å². The van der Waals surface area contributed by atoms with E-state index in [9.17, 15) is 4.79 Å². The fraction of sp³-hybridized carbons (Fsp3) is 0.273. The van der Waals surface area contributed by atoms with E-state index in [1.807, 2.05) is 6.07 Å². The summed E-state index contributed by atoms with van der Waals surface area (Å²) in [5.41, 5.74) is 0.801. The van der Waals surface area contributed by atoms with Crippen LogP contribution in [0.1, 0.15) is 16.2 Å². The Labute approximate surface area is 114 Å². The van der Waals surface area contributed by atoms with E-state index in [0.29, 0.717) is 11.5 Å². The standard InChI is InChI=1S/C11H11ClN4O3/c1-18-8-4-3-7(9(5-8)19-2)6-16-11(10(12)17)13-14-15-16/h3-5H,6H2,1-2H3. The molecule has 0 atom stereocenters. The van der Waals surface area contributed by atoms with Crippen LogP contribution in [-0.4, -0.2) is 39.7 Å². The number of aromatic nitrogens is 4. The average Bonchev–Trinajstić information content (AvgIpc) is 2.87. The van der Waals surface area contributed by atoms with E-state index in [0.717, 1.165) is 5.56 Å². The number of nitrogens with zero attached hydrogens (tertiary/aromatic N) is 4. The topological polar surface area (TPSA) is 79.1 Å². The average molecular weight is 283 g/mol. The maximum Gasteiger partial charge on any atom is 0.291 e. The Balaban J connectivity index is 2.32. The van der Waals surface area contributed by atoms with Crippen LogP contribution in [0.4, 0.5) is 0 Å². The molecule has 2 aromatic rings. The van der Waals surface area contributed by atoms with E-state index in [1.165, 1.54) is 4.68 Å². The van der Waals surface area contributed by atoms with E-state index in [-0.39, 0.29) is 12.4 Å². The molecular formula is C11H11ClN4O3. The normalized spacial score (nSPS) is 10.3. The molecule has 0 N–H and O–H groups in total. The van der Waals surface area contributed by atoms with Gasteiger partial charge in [0.05, 0.1) is 20.8 Å². The summed E-state index contributed by atoms with van der Waals surface area (Å²) in [4.78, 5) is 11.1. The monoisotopic (exact) mass is 282 g/mol. The van der Waals surface area contributed by atoms with Crippen LogP contribution in [0.3, 0.4) is 0 Å². The Morgan fingerprint density at radius 2 is 2.16 bits per heavy atom. The highest BCUT2D eigenvalue weighted by Crippen LogP contribution is 2.25. The van der Waals surface area contributed by atoms with Gasteiger partial charge in [-0.3, -0.25) is 4.79 Å². The molecule has 0 fully saturated rings. The molecule has 0 bridgehead atoms. The number of ether oxygens (including phenoxy) is 2. The van der Waals surface area contributed by atoms with Gasteiger partial charge in [0.25, 0.3) is 5.24 Å². The lowest BCUT2D eigenvalue weighted by atomic mass is 10.2. The van der Waals surface area contributed by atoms with Gasteiger partial charge in [0.1, 0.15) is 11.5 Å². The van der Waals surface area contributed by atoms with Crippen LogP contribution in [0.2, 0.25) is 0 Å². The maximum absolute atomic E-state index is 11.1. The molecule has 0 saturated heterocycles. The highest BCUT2D eigenvalue weighted by molar-refractivity contribution is 6.67. The number of benzene rings is 1. The number of tetrazole rings is 1. The van der Waals surface area contributed by atoms with E-state index in [2.05, 4.69) is 15.5 Å². The molecule has 19 heavy (non-hydrogen) atoms. The van der Waals surface area contributed by atoms with Gasteiger partial charge >= 0.3 is 0 Å². The van der Waals surface area contributed by atoms with Crippen molar-refractivity contribution < 1.29 is 14.3 Å². The molecule has 0 spiro atoms. The third kappa shape index (κ3) is 2.82. The second-order valence-electron chi connectivity index (χ2n) is 3.61. The summed E-state index contributed by atoms with van der Waals surface area (Å²) in [5, 5.41) is 9.98. The Bertz CT molecular complexity index is 599. The maximum atomic E-state index is 11.1. The van der Waals surface area contributed by atoms with Crippen molar-refractivity contribution in [1.29, 1.82) is 0 Å². The van der Waals surface area contributed by atoms with Gasteiger partial charge in [-0.15, -0.1) is 5.10 Å². The van der Waals surface area contributed by atoms with E-state index < -0.39 is 5.24 Å². The fourth-order valence-corrected chi connectivity index (χ4v) is 1.73. The molecule has 0 aliphatic heterocycles. The SMILES string of the molecule is COc1ccc(Cn2nnnc2C(=O)Cl)c(OC)c1. The van der Waals surface area contributed by atoms with E-state index in [1.54, 1.807) is 26.4 Å². The first-order valence-corrected chi connectivity index (χ1v) is 5.70. The molecule has 0 radical (unpaired) electrons. The van der Waals surface area contributed by atoms with Crippen LogP contribution in [0.25, 0.3) is 0 Å². The van der Waals surface area contributed by atoms with Crippen molar-refractivity contribution >= 4 is 16.8 Å². The van der Waals surface area contributed by atoms with Crippen LogP contribution in [0.5, 0.6) is 11.5 Å². The lowest BCUT2D eigenvalue weighted by Crippen LogP contribution is -2.10. The lowest BCUT2D eigenvalue weighted by molar-refractivity contribution is 0.106. The minimum absolute atomic E-state index is 0.0143. The number of hydrogen-bond donors (Lipinski definition) is 0. The van der Waals surface area contributed by atoms with Gasteiger partial charge in [-0.1, -0.05) is 0 Å². The fourth-order valence-electron chi connectivity index (χ4n) is 1.60. The Kier molecular flexibility index (Phi) is 3.96. The van der Waals surface area contributed by atoms with Crippen LogP contribution in [0, 0.1) is 0 Å². The minimum Gasteiger partial charge on any atom is -0.497 e. The first-order chi connectivity index (χ1) is 9.15. The van der Waals surface area contributed by atoms with Gasteiger partial charge in [-0.05, 0) is 34.2 Å². The smallest absolute Gasteiger partial charge is 0.291 e. The second-order valence-corrected chi connectivity index (χ2v) is 3.95. The van der Waals surface area contributed by atoms with Gasteiger partial charge in [0.2, 0.25) is 5.82 Å². The Morgan fingerprint density at radius 1 is 1.37 bits per heavy atom. The molecule has 1 aromatic heterocycles. The molecular weight excluding hydrogens is 272 g/mol. The van der Waals surface area contributed by atoms with Crippen molar-refractivity contribution in [3.8, 4) is 11.5 Å². The molecule has 0 saturated carbocycles. The number of hydrogen-bond acceptors (Lipinski definition) is 6. The summed E-state index contributed by atoms with van der Waals surface area (Å²) in [5.74, 6) is 1.27. The van der Waals surface area contributed by atoms with Crippen molar-refractivity contribution in [2.75, 3.05) is 14.2 Å². The number of halogens is 1. The summed E-state index contributed by atoms with van der Waals surface area (Å²) in [6.45, 7) is 0.272. The van der Waals surface area contributed by atoms with Crippen molar-refractivity contribution in [3.63, 3.8) is 0 Å². The molecule has 0 aliphatic rings. The summed E-state index contributed by atoms with van der Waals surface area (Å²) in [6, 6.07) is 5.33. The molecule has 7 nitrogen and oxygen atoms in total. The van der Waals surface area contributed by atoms with Gasteiger partial charge < -0.3 is 9.47 Å². The van der Waals surface area contributed by atoms with Crippen LogP contribution >= 0.6 is 11.6 Å². The predicted octanol–water partition coefficient (Wildman–Crippen LogP) is 1.12. The minimum atomic E-state index is -0.711. The second kappa shape index (κ2) is 5.66. The summed E-state index contributed by atoms with van der Waals surface area (Å²) >= 11 is 5.38. The zero-order valence-corrected chi connectivity index (χ0v) is 11.1. The number of methoxy groups -OCH3 is 2. The molecule has 0 aliphatic carbocycles. The molecule has 8 heteroatoms. The van der Waals surface area contributed by atoms with Crippen molar-refractivity contribution in [2.45, 2.75) is 6.54 Å². The lowest BCUT2D eigenvalue weighted by Gasteiger charge is -2.10. The Morgan fingerprint density at radius 3 is 2.79 bits per heavy atom. The molecule has 100 valence electrons. The van der Waals surface area contributed by atoms with Crippen LogP contribution < -0.4 is 9.47 Å². The molecule has 0 unspecified atom stereocenters. The third-order valence-corrected chi connectivity index (χ3v) is 2.69. The molecule has 1 aromatic carbocycles. The van der Waals surface area contributed by atoms with Crippen molar-refractivity contribution in [3.05, 3.63) is 29.6 Å². The van der Waals surface area contributed by atoms with Gasteiger partial charge in [-0.25, -0.2) is 4.68 Å². The first kappa shape index (κ1) is 13.3. The van der Waals surface area contributed by atoms with Crippen molar-refractivity contribution in [2.24, 2.45) is 0 Å². The number of rotatable bonds is 5. The first-order valence-electron chi connectivity index (χ1n) is 5.32. The third-order valence-electron chi connectivity index (χ3n) is 2.52. The predicted molar refractivity (Wildman–Crippen MR) is 66.6 cm³/mol. The van der Waals surface area contributed by atoms with Crippen LogP contribution in [0.15, 0.2) is 18.2 Å². The molecule has 2 rings (SSSR count). The number of carbonyl (C=O) groups excluding carboxylic acids is 1. The molecule has 0 amide bonds. The van der Waals surface area contributed by atoms with Crippen molar-refractivity contribution in [1.82, 2.24) is 20.2 Å². The summed E-state index contributed by atoms with van der Waals surface area (Å²) in [7, 11) is 3.12. The number of carbonyl (C=O) groups is 1. The largest absolute Gasteiger partial charge is 0.497 e. The molecule has 1 heterocycles. The summed E-state index contributed by atoms with van der Waals surface area (Å²) in [6.07, 6.45) is 0. The van der Waals surface area contributed by atoms with E-state index in [4.69, 9.17) is 21.1 Å². The van der Waals surface area contributed by atoms with Gasteiger partial charge in [-0.2, -0.15) is 0 Å². The zero-order chi connectivity index (χ0) is 13.8. The van der Waals surface area contributed by atoms with Gasteiger partial charge in [0, 0.05) is 11.6 Å². The van der Waals surface area contributed by atoms with Crippen LogP contribution in [-0.2, 0) is 6.54 Å². The highest BCUT2D eigenvalue weighted by Gasteiger charge is 2.15. The van der Waals surface area contributed by atoms with E-state index >= 15 is 0 Å². The Hall–Kier alpha value is -2.15. The summed E-state index contributed by atoms with van der Waals surface area (Å²) < 4.78 is 11.7. The zero-order valence-electron chi connectivity index (χ0n) is 10.3.